The van der Waals surface area contributed by atoms with Gasteiger partial charge >= 0.3 is 5.97 Å². The summed E-state index contributed by atoms with van der Waals surface area (Å²) in [5, 5.41) is 9.45. The third-order valence-electron chi connectivity index (χ3n) is 2.30. The number of phenolic OH excluding ortho intramolecular Hbond substituents is 1. The summed E-state index contributed by atoms with van der Waals surface area (Å²) in [6.07, 6.45) is 1.52. The van der Waals surface area contributed by atoms with Crippen molar-refractivity contribution in [2.75, 3.05) is 6.61 Å². The molecular weight excluding hydrogens is 220 g/mol. The summed E-state index contributed by atoms with van der Waals surface area (Å²) in [6, 6.07) is 6.44. The number of hydrogen-bond acceptors (Lipinski definition) is 4. The summed E-state index contributed by atoms with van der Waals surface area (Å²) in [5.41, 5.74) is 0.435. The summed E-state index contributed by atoms with van der Waals surface area (Å²) in [4.78, 5) is 22.8. The lowest BCUT2D eigenvalue weighted by Crippen LogP contribution is -2.20. The molecule has 0 saturated heterocycles. The van der Waals surface area contributed by atoms with Crippen LogP contribution < -0.4 is 0 Å². The molecule has 0 aromatic heterocycles. The molecule has 4 heteroatoms. The molecule has 0 unspecified atom stereocenters. The average molecular weight is 236 g/mol. The van der Waals surface area contributed by atoms with Crippen molar-refractivity contribution in [3.05, 3.63) is 29.8 Å². The van der Waals surface area contributed by atoms with Crippen LogP contribution in [0.5, 0.6) is 5.75 Å². The number of Topliss-reactive ketones (excluding diaryl/α,β-unsaturated/α-hetero) is 1. The van der Waals surface area contributed by atoms with Crippen LogP contribution in [0.25, 0.3) is 0 Å². The van der Waals surface area contributed by atoms with Gasteiger partial charge in [0.05, 0.1) is 6.61 Å². The van der Waals surface area contributed by atoms with Crippen LogP contribution in [-0.2, 0) is 20.7 Å². The van der Waals surface area contributed by atoms with Crippen LogP contribution in [-0.4, -0.2) is 23.5 Å². The van der Waals surface area contributed by atoms with E-state index in [-0.39, 0.29) is 18.8 Å². The first-order chi connectivity index (χ1) is 8.15. The van der Waals surface area contributed by atoms with Gasteiger partial charge in [-0.2, -0.15) is 0 Å². The van der Waals surface area contributed by atoms with Crippen molar-refractivity contribution < 1.29 is 19.4 Å². The molecule has 0 aliphatic heterocycles. The molecule has 0 saturated carbocycles. The first-order valence-electron chi connectivity index (χ1n) is 5.62. The molecule has 1 aromatic rings. The van der Waals surface area contributed by atoms with E-state index in [1.807, 2.05) is 6.92 Å². The van der Waals surface area contributed by atoms with Crippen molar-refractivity contribution in [1.82, 2.24) is 0 Å². The van der Waals surface area contributed by atoms with Crippen molar-refractivity contribution in [2.24, 2.45) is 0 Å². The Bertz CT molecular complexity index is 398. The number of para-hydroxylation sites is 1. The average Bonchev–Trinajstić information content (AvgIpc) is 2.32. The summed E-state index contributed by atoms with van der Waals surface area (Å²) < 4.78 is 4.79. The van der Waals surface area contributed by atoms with Gasteiger partial charge in [0.2, 0.25) is 5.78 Å². The van der Waals surface area contributed by atoms with Crippen LogP contribution in [0.2, 0.25) is 0 Å². The third kappa shape index (κ3) is 4.26. The minimum absolute atomic E-state index is 0.0159. The lowest BCUT2D eigenvalue weighted by Gasteiger charge is -2.04. The van der Waals surface area contributed by atoms with Crippen LogP contribution in [0, 0.1) is 0 Å². The van der Waals surface area contributed by atoms with E-state index in [4.69, 9.17) is 4.74 Å². The molecular formula is C13H16O4. The van der Waals surface area contributed by atoms with E-state index in [1.165, 1.54) is 6.07 Å². The zero-order chi connectivity index (χ0) is 12.7. The normalized spacial score (nSPS) is 9.94. The first-order valence-corrected chi connectivity index (χ1v) is 5.62. The number of carbonyl (C=O) groups is 2. The quantitative estimate of drug-likeness (QED) is 0.465. The maximum Gasteiger partial charge on any atom is 0.374 e. The fraction of sp³-hybridized carbons (Fsp3) is 0.385. The highest BCUT2D eigenvalue weighted by Crippen LogP contribution is 2.16. The van der Waals surface area contributed by atoms with Crippen molar-refractivity contribution in [1.29, 1.82) is 0 Å². The van der Waals surface area contributed by atoms with E-state index in [1.54, 1.807) is 18.2 Å². The van der Waals surface area contributed by atoms with Gasteiger partial charge in [0.15, 0.2) is 0 Å². The largest absolute Gasteiger partial charge is 0.508 e. The Morgan fingerprint density at radius 2 is 2.00 bits per heavy atom. The lowest BCUT2D eigenvalue weighted by molar-refractivity contribution is -0.153. The molecule has 1 rings (SSSR count). The molecule has 0 atom stereocenters. The number of esters is 1. The van der Waals surface area contributed by atoms with Gasteiger partial charge in [0.1, 0.15) is 5.75 Å². The molecule has 1 N–H and O–H groups in total. The van der Waals surface area contributed by atoms with Gasteiger partial charge in [-0.3, -0.25) is 4.79 Å². The number of ether oxygens (including phenoxy) is 1. The predicted octanol–water partition coefficient (Wildman–Crippen LogP) is 1.85. The Hall–Kier alpha value is -1.84. The standard InChI is InChI=1S/C13H16O4/c1-2-3-8-17-13(16)12(15)9-10-6-4-5-7-11(10)14/h4-7,14H,2-3,8-9H2,1H3. The number of unbranched alkanes of at least 4 members (excludes halogenated alkanes) is 1. The monoisotopic (exact) mass is 236 g/mol. The molecule has 17 heavy (non-hydrogen) atoms. The van der Waals surface area contributed by atoms with Crippen molar-refractivity contribution in [3.63, 3.8) is 0 Å². The van der Waals surface area contributed by atoms with Gasteiger partial charge in [-0.1, -0.05) is 31.5 Å². The smallest absolute Gasteiger partial charge is 0.374 e. The predicted molar refractivity (Wildman–Crippen MR) is 62.7 cm³/mol. The number of benzene rings is 1. The van der Waals surface area contributed by atoms with E-state index in [0.29, 0.717) is 5.56 Å². The molecule has 0 radical (unpaired) electrons. The molecule has 4 nitrogen and oxygen atoms in total. The van der Waals surface area contributed by atoms with Crippen molar-refractivity contribution in [2.45, 2.75) is 26.2 Å². The Morgan fingerprint density at radius 1 is 1.29 bits per heavy atom. The SMILES string of the molecule is CCCCOC(=O)C(=O)Cc1ccccc1O. The zero-order valence-electron chi connectivity index (χ0n) is 9.81. The Labute approximate surface area is 100 Å². The van der Waals surface area contributed by atoms with Gasteiger partial charge in [-0.25, -0.2) is 4.79 Å². The van der Waals surface area contributed by atoms with Gasteiger partial charge in [-0.05, 0) is 12.5 Å². The molecule has 0 spiro atoms. The van der Waals surface area contributed by atoms with E-state index < -0.39 is 11.8 Å². The number of aromatic hydroxyl groups is 1. The second kappa shape index (κ2) is 6.68. The molecule has 0 bridgehead atoms. The number of rotatable bonds is 6. The van der Waals surface area contributed by atoms with Crippen LogP contribution >= 0.6 is 0 Å². The van der Waals surface area contributed by atoms with Crippen LogP contribution in [0.15, 0.2) is 24.3 Å². The summed E-state index contributed by atoms with van der Waals surface area (Å²) in [5.74, 6) is -1.45. The fourth-order valence-corrected chi connectivity index (χ4v) is 1.30. The van der Waals surface area contributed by atoms with Gasteiger partial charge in [0.25, 0.3) is 0 Å². The van der Waals surface area contributed by atoms with Crippen LogP contribution in [0.3, 0.4) is 0 Å². The molecule has 0 aliphatic carbocycles. The van der Waals surface area contributed by atoms with Crippen molar-refractivity contribution in [3.8, 4) is 5.75 Å². The third-order valence-corrected chi connectivity index (χ3v) is 2.30. The summed E-state index contributed by atoms with van der Waals surface area (Å²) in [6.45, 7) is 2.24. The zero-order valence-corrected chi connectivity index (χ0v) is 9.81. The maximum absolute atomic E-state index is 11.5. The highest BCUT2D eigenvalue weighted by Gasteiger charge is 2.17. The van der Waals surface area contributed by atoms with Crippen LogP contribution in [0.1, 0.15) is 25.3 Å². The van der Waals surface area contributed by atoms with Gasteiger partial charge in [-0.15, -0.1) is 0 Å². The van der Waals surface area contributed by atoms with Crippen LogP contribution in [0.4, 0.5) is 0 Å². The first kappa shape index (κ1) is 13.2. The second-order valence-corrected chi connectivity index (χ2v) is 3.72. The molecule has 1 aromatic carbocycles. The number of ketones is 1. The Balaban J connectivity index is 2.49. The van der Waals surface area contributed by atoms with E-state index in [2.05, 4.69) is 0 Å². The molecule has 0 heterocycles. The highest BCUT2D eigenvalue weighted by atomic mass is 16.5. The van der Waals surface area contributed by atoms with Crippen molar-refractivity contribution >= 4 is 11.8 Å². The molecule has 92 valence electrons. The second-order valence-electron chi connectivity index (χ2n) is 3.72. The number of carbonyl (C=O) groups excluding carboxylic acids is 2. The number of phenols is 1. The maximum atomic E-state index is 11.5. The Kier molecular flexibility index (Phi) is 5.20. The molecule has 0 aliphatic rings. The fourth-order valence-electron chi connectivity index (χ4n) is 1.30. The summed E-state index contributed by atoms with van der Waals surface area (Å²) in [7, 11) is 0. The van der Waals surface area contributed by atoms with E-state index >= 15 is 0 Å². The highest BCUT2D eigenvalue weighted by molar-refractivity contribution is 6.34. The number of hydrogen-bond donors (Lipinski definition) is 1. The minimum Gasteiger partial charge on any atom is -0.508 e. The van der Waals surface area contributed by atoms with E-state index in [9.17, 15) is 14.7 Å². The molecule has 0 fully saturated rings. The van der Waals surface area contributed by atoms with Gasteiger partial charge < -0.3 is 9.84 Å². The lowest BCUT2D eigenvalue weighted by atomic mass is 10.1. The van der Waals surface area contributed by atoms with Gasteiger partial charge in [0, 0.05) is 12.0 Å². The Morgan fingerprint density at radius 3 is 2.65 bits per heavy atom. The molecule has 0 amide bonds. The minimum atomic E-state index is -0.832. The van der Waals surface area contributed by atoms with E-state index in [0.717, 1.165) is 12.8 Å². The summed E-state index contributed by atoms with van der Waals surface area (Å²) >= 11 is 0. The topological polar surface area (TPSA) is 63.6 Å².